The highest BCUT2D eigenvalue weighted by molar-refractivity contribution is 6.03. The Morgan fingerprint density at radius 2 is 1.76 bits per heavy atom. The van der Waals surface area contributed by atoms with E-state index in [0.29, 0.717) is 17.5 Å². The highest BCUT2D eigenvalue weighted by Crippen LogP contribution is 2.56. The number of amides is 3. The Bertz CT molecular complexity index is 1100. The van der Waals surface area contributed by atoms with Gasteiger partial charge in [-0.3, -0.25) is 14.4 Å². The van der Waals surface area contributed by atoms with Crippen molar-refractivity contribution in [2.75, 3.05) is 5.32 Å². The number of likely N-dealkylation sites (tertiary alicyclic amines) is 1. The summed E-state index contributed by atoms with van der Waals surface area (Å²) in [4.78, 5) is 43.2. The van der Waals surface area contributed by atoms with Gasteiger partial charge in [0.2, 0.25) is 17.7 Å². The Morgan fingerprint density at radius 1 is 1.08 bits per heavy atom. The molecule has 3 amide bonds. The first-order valence-electron chi connectivity index (χ1n) is 13.9. The van der Waals surface area contributed by atoms with Gasteiger partial charge in [-0.15, -0.1) is 0 Å². The molecule has 7 heteroatoms. The van der Waals surface area contributed by atoms with E-state index in [9.17, 15) is 14.4 Å². The number of hydrogen-bond acceptors (Lipinski definition) is 4. The van der Waals surface area contributed by atoms with E-state index in [2.05, 4.69) is 31.4 Å². The van der Waals surface area contributed by atoms with Crippen LogP contribution in [-0.4, -0.2) is 51.9 Å². The smallest absolute Gasteiger partial charge is 0.246 e. The van der Waals surface area contributed by atoms with Crippen LogP contribution >= 0.6 is 0 Å². The van der Waals surface area contributed by atoms with E-state index >= 15 is 0 Å². The second kappa shape index (κ2) is 9.26. The van der Waals surface area contributed by atoms with Crippen molar-refractivity contribution in [2.24, 2.45) is 17.8 Å². The zero-order chi connectivity index (χ0) is 26.7. The largest absolute Gasteiger partial charge is 0.359 e. The first-order valence-corrected chi connectivity index (χ1v) is 13.9. The molecule has 1 aromatic rings. The van der Waals surface area contributed by atoms with Gasteiger partial charge in [0.1, 0.15) is 11.6 Å². The lowest BCUT2D eigenvalue weighted by Gasteiger charge is -2.41. The number of carbonyl (C=O) groups excluding carboxylic acids is 3. The molecule has 1 aromatic carbocycles. The number of hydrogen-bond donors (Lipinski definition) is 2. The van der Waals surface area contributed by atoms with Crippen LogP contribution in [0.1, 0.15) is 78.7 Å². The summed E-state index contributed by atoms with van der Waals surface area (Å²) in [6.07, 6.45) is 7.51. The number of rotatable bonds is 5. The van der Waals surface area contributed by atoms with Crippen LogP contribution in [0.5, 0.6) is 0 Å². The van der Waals surface area contributed by atoms with Gasteiger partial charge in [-0.25, -0.2) is 0 Å². The third kappa shape index (κ3) is 4.29. The Balaban J connectivity index is 1.43. The molecule has 1 aliphatic carbocycles. The standard InChI is InChI=1S/C30H41N3O4/c1-17(2)19-11-13-20(14-12-19)31-26(34)23-22-15-16-30(37-22)24(23)28(36)33(29(4,5)6)25(30)27(35)32-21-10-8-7-9-18(21)3/h11-18,21-25H,7-10H2,1-6H3,(H,31,34)(H,32,35)/t18-,21+,22+,23-,24+,25+,30+/m1/s1. The van der Waals surface area contributed by atoms with Crippen LogP contribution in [0.2, 0.25) is 0 Å². The van der Waals surface area contributed by atoms with E-state index in [1.165, 1.54) is 12.0 Å². The van der Waals surface area contributed by atoms with Gasteiger partial charge in [0.25, 0.3) is 0 Å². The number of nitrogens with one attached hydrogen (secondary N) is 2. The van der Waals surface area contributed by atoms with Crippen LogP contribution in [0.3, 0.4) is 0 Å². The van der Waals surface area contributed by atoms with Gasteiger partial charge in [0, 0.05) is 17.3 Å². The summed E-state index contributed by atoms with van der Waals surface area (Å²) in [6.45, 7) is 12.2. The van der Waals surface area contributed by atoms with E-state index in [1.54, 1.807) is 4.90 Å². The molecule has 2 bridgehead atoms. The predicted molar refractivity (Wildman–Crippen MR) is 143 cm³/mol. The van der Waals surface area contributed by atoms with Crippen LogP contribution in [0.15, 0.2) is 36.4 Å². The molecule has 2 N–H and O–H groups in total. The molecular weight excluding hydrogens is 466 g/mol. The van der Waals surface area contributed by atoms with Gasteiger partial charge in [-0.05, 0) is 63.1 Å². The number of nitrogens with zero attached hydrogens (tertiary/aromatic N) is 1. The van der Waals surface area contributed by atoms with E-state index in [-0.39, 0.29) is 23.8 Å². The van der Waals surface area contributed by atoms with Gasteiger partial charge in [-0.2, -0.15) is 0 Å². The average Bonchev–Trinajstić information content (AvgIpc) is 3.48. The summed E-state index contributed by atoms with van der Waals surface area (Å²) in [7, 11) is 0. The summed E-state index contributed by atoms with van der Waals surface area (Å²) in [6, 6.07) is 7.08. The fourth-order valence-corrected chi connectivity index (χ4v) is 6.86. The number of fused-ring (bicyclic) bond motifs is 1. The molecule has 3 aliphatic heterocycles. The lowest BCUT2D eigenvalue weighted by Crippen LogP contribution is -2.61. The molecule has 7 nitrogen and oxygen atoms in total. The summed E-state index contributed by atoms with van der Waals surface area (Å²) < 4.78 is 6.46. The van der Waals surface area contributed by atoms with Crippen molar-refractivity contribution >= 4 is 23.4 Å². The molecule has 3 fully saturated rings. The van der Waals surface area contributed by atoms with Crippen molar-refractivity contribution in [1.82, 2.24) is 10.2 Å². The molecule has 2 saturated heterocycles. The molecule has 5 rings (SSSR count). The fraction of sp³-hybridized carbons (Fsp3) is 0.633. The SMILES string of the molecule is CC(C)c1ccc(NC(=O)[C@@H]2[C@@H]3C=C[C@]4(O3)[C@@H]2C(=O)N(C(C)(C)C)[C@H]4C(=O)N[C@H]2CCCC[C@H]2C)cc1. The topological polar surface area (TPSA) is 87.7 Å². The molecule has 0 radical (unpaired) electrons. The van der Waals surface area contributed by atoms with E-state index in [4.69, 9.17) is 4.74 Å². The number of anilines is 1. The van der Waals surface area contributed by atoms with Crippen molar-refractivity contribution in [2.45, 2.75) is 102 Å². The van der Waals surface area contributed by atoms with Gasteiger partial charge in [0.15, 0.2) is 0 Å². The number of ether oxygens (including phenoxy) is 1. The van der Waals surface area contributed by atoms with Crippen molar-refractivity contribution in [3.8, 4) is 0 Å². The van der Waals surface area contributed by atoms with Crippen molar-refractivity contribution in [1.29, 1.82) is 0 Å². The lowest BCUT2D eigenvalue weighted by atomic mass is 9.74. The third-order valence-corrected chi connectivity index (χ3v) is 8.83. The second-order valence-electron chi connectivity index (χ2n) is 12.7. The molecule has 200 valence electrons. The Morgan fingerprint density at radius 3 is 2.38 bits per heavy atom. The first kappa shape index (κ1) is 26.0. The van der Waals surface area contributed by atoms with Gasteiger partial charge >= 0.3 is 0 Å². The zero-order valence-electron chi connectivity index (χ0n) is 22.9. The summed E-state index contributed by atoms with van der Waals surface area (Å²) in [5.41, 5.74) is 0.129. The molecule has 3 heterocycles. The van der Waals surface area contributed by atoms with Crippen LogP contribution in [0.25, 0.3) is 0 Å². The zero-order valence-corrected chi connectivity index (χ0v) is 22.9. The minimum Gasteiger partial charge on any atom is -0.359 e. The first-order chi connectivity index (χ1) is 17.4. The van der Waals surface area contributed by atoms with Crippen molar-refractivity contribution in [3.05, 3.63) is 42.0 Å². The summed E-state index contributed by atoms with van der Waals surface area (Å²) >= 11 is 0. The maximum Gasteiger partial charge on any atom is 0.246 e. The minimum absolute atomic E-state index is 0.0871. The van der Waals surface area contributed by atoms with Gasteiger partial charge in [-0.1, -0.05) is 57.9 Å². The predicted octanol–water partition coefficient (Wildman–Crippen LogP) is 4.39. The van der Waals surface area contributed by atoms with Crippen molar-refractivity contribution in [3.63, 3.8) is 0 Å². The Hall–Kier alpha value is -2.67. The highest BCUT2D eigenvalue weighted by atomic mass is 16.5. The van der Waals surface area contributed by atoms with Gasteiger partial charge < -0.3 is 20.3 Å². The lowest BCUT2D eigenvalue weighted by molar-refractivity contribution is -0.147. The van der Waals surface area contributed by atoms with Crippen molar-refractivity contribution < 1.29 is 19.1 Å². The molecule has 0 unspecified atom stereocenters. The van der Waals surface area contributed by atoms with Crippen LogP contribution in [-0.2, 0) is 19.1 Å². The average molecular weight is 508 g/mol. The molecule has 7 atom stereocenters. The molecule has 37 heavy (non-hydrogen) atoms. The van der Waals surface area contributed by atoms with Gasteiger partial charge in [0.05, 0.1) is 17.9 Å². The molecule has 1 saturated carbocycles. The molecule has 4 aliphatic rings. The maximum absolute atomic E-state index is 14.0. The molecule has 1 spiro atoms. The monoisotopic (exact) mass is 507 g/mol. The quantitative estimate of drug-likeness (QED) is 0.579. The van der Waals surface area contributed by atoms with E-state index in [0.717, 1.165) is 19.3 Å². The fourth-order valence-electron chi connectivity index (χ4n) is 6.86. The van der Waals surface area contributed by atoms with Crippen LogP contribution in [0, 0.1) is 17.8 Å². The maximum atomic E-state index is 14.0. The Labute approximate surface area is 220 Å². The highest BCUT2D eigenvalue weighted by Gasteiger charge is 2.74. The van der Waals surface area contributed by atoms with Crippen LogP contribution in [0.4, 0.5) is 5.69 Å². The molecule has 0 aromatic heterocycles. The third-order valence-electron chi connectivity index (χ3n) is 8.83. The summed E-state index contributed by atoms with van der Waals surface area (Å²) in [5, 5.41) is 6.28. The number of carbonyl (C=O) groups is 3. The Kier molecular flexibility index (Phi) is 6.50. The number of benzene rings is 1. The van der Waals surface area contributed by atoms with E-state index in [1.807, 2.05) is 57.2 Å². The minimum atomic E-state index is -1.14. The van der Waals surface area contributed by atoms with Crippen LogP contribution < -0.4 is 10.6 Å². The van der Waals surface area contributed by atoms with E-state index < -0.39 is 35.1 Å². The molecular formula is C30H41N3O4. The second-order valence-corrected chi connectivity index (χ2v) is 12.7. The normalized spacial score (nSPS) is 34.7. The summed E-state index contributed by atoms with van der Waals surface area (Å²) in [5.74, 6) is -1.26.